The zero-order valence-electron chi connectivity index (χ0n) is 7.20. The van der Waals surface area contributed by atoms with Crippen molar-refractivity contribution in [2.45, 2.75) is 18.7 Å². The van der Waals surface area contributed by atoms with Crippen LogP contribution in [0.1, 0.15) is 6.42 Å². The molecule has 0 radical (unpaired) electrons. The average molecular weight is 180 g/mol. The van der Waals surface area contributed by atoms with Crippen LogP contribution in [0.25, 0.3) is 0 Å². The highest BCUT2D eigenvalue weighted by atomic mass is 28.4. The molecule has 11 heavy (non-hydrogen) atoms. The van der Waals surface area contributed by atoms with Gasteiger partial charge in [0.2, 0.25) is 0 Å². The fraction of sp³-hybridized carbons (Fsp3) is 1.00. The fourth-order valence-corrected chi connectivity index (χ4v) is 2.10. The molecule has 4 nitrogen and oxygen atoms in total. The molecule has 2 N–H and O–H groups in total. The van der Waals surface area contributed by atoms with Gasteiger partial charge in [0.1, 0.15) is 0 Å². The van der Waals surface area contributed by atoms with Crippen molar-refractivity contribution in [3.05, 3.63) is 0 Å². The Bertz CT molecular complexity index is 105. The molecule has 0 aliphatic heterocycles. The van der Waals surface area contributed by atoms with Crippen LogP contribution < -0.4 is 0 Å². The molecule has 0 aromatic rings. The third-order valence-electron chi connectivity index (χ3n) is 1.82. The van der Waals surface area contributed by atoms with Crippen LogP contribution in [0.15, 0.2) is 0 Å². The maximum atomic E-state index is 9.42. The number of hydrogen-bond acceptors (Lipinski definition) is 4. The monoisotopic (exact) mass is 180 g/mol. The summed E-state index contributed by atoms with van der Waals surface area (Å²) in [5, 5.41) is 18.0. The van der Waals surface area contributed by atoms with Gasteiger partial charge in [-0.2, -0.15) is 0 Å². The highest BCUT2D eigenvalue weighted by Crippen LogP contribution is 2.12. The van der Waals surface area contributed by atoms with Gasteiger partial charge in [-0.15, -0.1) is 0 Å². The lowest BCUT2D eigenvalue weighted by atomic mass is 10.5. The molecule has 0 aliphatic carbocycles. The number of rotatable bonds is 5. The highest BCUT2D eigenvalue weighted by molar-refractivity contribution is 6.67. The van der Waals surface area contributed by atoms with Gasteiger partial charge in [-0.3, -0.25) is 0 Å². The van der Waals surface area contributed by atoms with Crippen LogP contribution in [-0.2, 0) is 8.85 Å². The minimum absolute atomic E-state index is 0.0452. The quantitative estimate of drug-likeness (QED) is 0.567. The molecule has 0 amide bonds. The van der Waals surface area contributed by atoms with Gasteiger partial charge in [-0.1, -0.05) is 0 Å². The summed E-state index contributed by atoms with van der Waals surface area (Å²) in [6, 6.07) is 0. The second-order valence-electron chi connectivity index (χ2n) is 2.45. The van der Waals surface area contributed by atoms with Gasteiger partial charge in [-0.25, -0.2) is 0 Å². The van der Waals surface area contributed by atoms with Crippen molar-refractivity contribution in [1.29, 1.82) is 0 Å². The zero-order valence-corrected chi connectivity index (χ0v) is 8.20. The zero-order chi connectivity index (χ0) is 8.91. The molecule has 0 saturated carbocycles. The van der Waals surface area contributed by atoms with E-state index in [0.29, 0.717) is 6.42 Å². The fourth-order valence-electron chi connectivity index (χ4n) is 0.740. The summed E-state index contributed by atoms with van der Waals surface area (Å²) in [6.45, 7) is 1.71. The van der Waals surface area contributed by atoms with E-state index in [9.17, 15) is 5.11 Å². The van der Waals surface area contributed by atoms with E-state index in [4.69, 9.17) is 14.0 Å². The molecule has 0 fully saturated rings. The minimum Gasteiger partial charge on any atom is -0.396 e. The Morgan fingerprint density at radius 2 is 1.82 bits per heavy atom. The molecule has 0 aliphatic rings. The van der Waals surface area contributed by atoms with Crippen LogP contribution in [0, 0.1) is 0 Å². The van der Waals surface area contributed by atoms with Gasteiger partial charge in [0.25, 0.3) is 0 Å². The lowest BCUT2D eigenvalue weighted by Gasteiger charge is -2.27. The van der Waals surface area contributed by atoms with E-state index >= 15 is 0 Å². The Morgan fingerprint density at radius 1 is 1.36 bits per heavy atom. The van der Waals surface area contributed by atoms with Gasteiger partial charge in [0.15, 0.2) is 0 Å². The first-order valence-corrected chi connectivity index (χ1v) is 5.89. The van der Waals surface area contributed by atoms with Crippen LogP contribution in [0.2, 0.25) is 6.55 Å². The third-order valence-corrected chi connectivity index (χ3v) is 4.94. The Hall–Kier alpha value is 0.0569. The summed E-state index contributed by atoms with van der Waals surface area (Å²) in [5.74, 6) is 0. The summed E-state index contributed by atoms with van der Waals surface area (Å²) in [7, 11) is 0.594. The van der Waals surface area contributed by atoms with E-state index < -0.39 is 14.3 Å². The number of aliphatic hydroxyl groups excluding tert-OH is 2. The van der Waals surface area contributed by atoms with E-state index in [0.717, 1.165) is 0 Å². The van der Waals surface area contributed by atoms with Crippen LogP contribution in [0.5, 0.6) is 0 Å². The van der Waals surface area contributed by atoms with Crippen molar-refractivity contribution in [3.8, 4) is 0 Å². The predicted molar refractivity (Wildman–Crippen MR) is 43.3 cm³/mol. The Morgan fingerprint density at radius 3 is 2.09 bits per heavy atom. The highest BCUT2D eigenvalue weighted by Gasteiger charge is 2.37. The topological polar surface area (TPSA) is 58.9 Å². The molecule has 5 heteroatoms. The molecular weight excluding hydrogens is 164 g/mol. The van der Waals surface area contributed by atoms with Crippen LogP contribution >= 0.6 is 0 Å². The van der Waals surface area contributed by atoms with Crippen LogP contribution in [0.4, 0.5) is 0 Å². The Balaban J connectivity index is 4.00. The molecule has 68 valence electrons. The maximum absolute atomic E-state index is 9.42. The summed E-state index contributed by atoms with van der Waals surface area (Å²) < 4.78 is 10.1. The molecule has 0 saturated heterocycles. The molecular formula is C6H16O4Si. The molecule has 0 aromatic heterocycles. The number of hydrogen-bond donors (Lipinski definition) is 2. The molecule has 0 aromatic carbocycles. The van der Waals surface area contributed by atoms with Gasteiger partial charge in [-0.05, 0) is 13.0 Å². The van der Waals surface area contributed by atoms with E-state index in [1.807, 2.05) is 0 Å². The third kappa shape index (κ3) is 2.88. The average Bonchev–Trinajstić information content (AvgIpc) is 2.03. The van der Waals surface area contributed by atoms with E-state index in [-0.39, 0.29) is 6.61 Å². The second kappa shape index (κ2) is 4.84. The smallest absolute Gasteiger partial charge is 0.364 e. The van der Waals surface area contributed by atoms with Gasteiger partial charge in [0.05, 0.1) is 5.73 Å². The van der Waals surface area contributed by atoms with Crippen molar-refractivity contribution in [3.63, 3.8) is 0 Å². The van der Waals surface area contributed by atoms with Crippen molar-refractivity contribution in [2.75, 3.05) is 20.8 Å². The Kier molecular flexibility index (Phi) is 4.86. The number of aliphatic hydroxyl groups is 2. The summed E-state index contributed by atoms with van der Waals surface area (Å²) in [4.78, 5) is 0. The van der Waals surface area contributed by atoms with Crippen LogP contribution in [-0.4, -0.2) is 45.3 Å². The predicted octanol–water partition coefficient (Wildman–Crippen LogP) is -0.366. The molecule has 1 unspecified atom stereocenters. The first kappa shape index (κ1) is 11.1. The minimum atomic E-state index is -2.43. The van der Waals surface area contributed by atoms with Gasteiger partial charge < -0.3 is 19.1 Å². The molecule has 1 atom stereocenters. The maximum Gasteiger partial charge on any atom is 0.364 e. The van der Waals surface area contributed by atoms with E-state index in [2.05, 4.69) is 0 Å². The van der Waals surface area contributed by atoms with E-state index in [1.54, 1.807) is 6.55 Å². The Labute approximate surface area is 68.0 Å². The second-order valence-corrected chi connectivity index (χ2v) is 5.97. The first-order chi connectivity index (χ1) is 5.10. The van der Waals surface area contributed by atoms with Crippen LogP contribution in [0.3, 0.4) is 0 Å². The van der Waals surface area contributed by atoms with Crippen molar-refractivity contribution in [2.24, 2.45) is 0 Å². The lowest BCUT2D eigenvalue weighted by Crippen LogP contribution is -2.49. The first-order valence-electron chi connectivity index (χ1n) is 3.50. The lowest BCUT2D eigenvalue weighted by molar-refractivity contribution is 0.121. The molecule has 0 rings (SSSR count). The largest absolute Gasteiger partial charge is 0.396 e. The molecule has 0 heterocycles. The summed E-state index contributed by atoms with van der Waals surface area (Å²) in [6.07, 6.45) is 0.310. The van der Waals surface area contributed by atoms with E-state index in [1.165, 1.54) is 14.2 Å². The molecule has 0 bridgehead atoms. The van der Waals surface area contributed by atoms with Crippen molar-refractivity contribution in [1.82, 2.24) is 0 Å². The summed E-state index contributed by atoms with van der Waals surface area (Å²) >= 11 is 0. The summed E-state index contributed by atoms with van der Waals surface area (Å²) in [5.41, 5.74) is -0.664. The standard InChI is InChI=1S/C6H16O4Si/c1-9-11(3,10-2)6(8)4-5-7/h6-8H,4-5H2,1-3H3. The van der Waals surface area contributed by atoms with Gasteiger partial charge in [0, 0.05) is 20.8 Å². The van der Waals surface area contributed by atoms with Gasteiger partial charge >= 0.3 is 8.56 Å². The van der Waals surface area contributed by atoms with Crippen molar-refractivity contribution >= 4 is 8.56 Å². The SMILES string of the molecule is CO[Si](C)(OC)C(O)CCO. The molecule has 0 spiro atoms. The normalized spacial score (nSPS) is 15.0. The van der Waals surface area contributed by atoms with Crippen molar-refractivity contribution < 1.29 is 19.1 Å².